The third-order valence-electron chi connectivity index (χ3n) is 12.3. The molecule has 0 aromatic carbocycles. The molecule has 4 saturated carbocycles. The van der Waals surface area contributed by atoms with E-state index in [1.165, 1.54) is 0 Å². The van der Waals surface area contributed by atoms with Gasteiger partial charge in [0.05, 0.1) is 36.6 Å². The van der Waals surface area contributed by atoms with E-state index in [2.05, 4.69) is 25.0 Å². The summed E-state index contributed by atoms with van der Waals surface area (Å²) in [4.78, 5) is 0. The minimum Gasteiger partial charge on any atom is -0.726 e. The third kappa shape index (κ3) is 6.25. The molecule has 0 spiro atoms. The zero-order chi connectivity index (χ0) is 29.1. The first kappa shape index (κ1) is 35.2. The first-order chi connectivity index (χ1) is 17.9. The van der Waals surface area contributed by atoms with Crippen molar-refractivity contribution in [2.24, 2.45) is 52.3 Å². The Balaban J connectivity index is 0.00000441. The number of aliphatic hydroxyl groups excluding tert-OH is 4. The van der Waals surface area contributed by atoms with E-state index in [0.29, 0.717) is 32.1 Å². The summed E-state index contributed by atoms with van der Waals surface area (Å²) in [6.45, 7) is 9.94. The molecule has 228 valence electrons. The van der Waals surface area contributed by atoms with Crippen molar-refractivity contribution in [2.75, 3.05) is 6.61 Å². The Morgan fingerprint density at radius 2 is 1.68 bits per heavy atom. The van der Waals surface area contributed by atoms with E-state index in [9.17, 15) is 38.5 Å². The van der Waals surface area contributed by atoms with Crippen LogP contribution in [-0.4, -0.2) is 75.1 Å². The SMILES string of the molecule is CC(C)C(CCC(C)C1C[C@H](O)C2C3C[C@@H](O)[C@]4(O)C[C@@H](O)CC[C@]4(C)C3CC[C@]12C)C(O)COS(=O)(=O)[O-].[Na+]. The molecule has 0 radical (unpaired) electrons. The van der Waals surface area contributed by atoms with E-state index < -0.39 is 52.4 Å². The van der Waals surface area contributed by atoms with Crippen LogP contribution in [0.1, 0.15) is 92.4 Å². The van der Waals surface area contributed by atoms with Gasteiger partial charge in [-0.15, -0.1) is 0 Å². The quantitative estimate of drug-likeness (QED) is 0.135. The Labute approximate surface area is 262 Å². The van der Waals surface area contributed by atoms with Crippen LogP contribution in [0, 0.1) is 52.3 Å². The van der Waals surface area contributed by atoms with Gasteiger partial charge >= 0.3 is 29.6 Å². The van der Waals surface area contributed by atoms with Crippen molar-refractivity contribution in [3.63, 3.8) is 0 Å². The van der Waals surface area contributed by atoms with Crippen LogP contribution in [0.4, 0.5) is 0 Å². The Kier molecular flexibility index (Phi) is 11.1. The van der Waals surface area contributed by atoms with Gasteiger partial charge in [-0.05, 0) is 91.8 Å². The second-order valence-corrected chi connectivity index (χ2v) is 15.5. The Bertz CT molecular complexity index is 981. The summed E-state index contributed by atoms with van der Waals surface area (Å²) in [5.41, 5.74) is -1.93. The molecular formula is C29H51NaO9S. The van der Waals surface area contributed by atoms with E-state index in [0.717, 1.165) is 19.3 Å². The maximum absolute atomic E-state index is 11.7. The van der Waals surface area contributed by atoms with Crippen molar-refractivity contribution < 1.29 is 72.2 Å². The zero-order valence-corrected chi connectivity index (χ0v) is 28.0. The van der Waals surface area contributed by atoms with Gasteiger partial charge in [-0.1, -0.05) is 41.0 Å². The maximum atomic E-state index is 11.7. The van der Waals surface area contributed by atoms with Crippen molar-refractivity contribution in [3.05, 3.63) is 0 Å². The fourth-order valence-corrected chi connectivity index (χ4v) is 10.5. The van der Waals surface area contributed by atoms with Gasteiger partial charge < -0.3 is 30.1 Å². The van der Waals surface area contributed by atoms with Crippen LogP contribution < -0.4 is 29.6 Å². The number of rotatable bonds is 9. The molecule has 0 aromatic rings. The summed E-state index contributed by atoms with van der Waals surface area (Å²) < 4.78 is 36.9. The molecule has 4 fully saturated rings. The van der Waals surface area contributed by atoms with Gasteiger partial charge in [0, 0.05) is 11.8 Å². The standard InChI is InChI=1S/C29H52O9S.Na/c1-16(2)19(24(32)15-38-39(35,36)37)7-6-17(3)22-13-23(31)26-20-12-25(33)29(34)14-18(30)8-11-28(29,5)21(20)9-10-27(22,26)4;/h16-26,30-34H,6-15H2,1-5H3,(H,35,36,37);/q;+1/p-1/t17?,18-,19?,20?,21?,22?,23-,24?,25+,26?,27+,28+,29+;/m0./s1. The largest absolute Gasteiger partial charge is 1.00 e. The van der Waals surface area contributed by atoms with Crippen LogP contribution in [0.15, 0.2) is 0 Å². The molecule has 9 nitrogen and oxygen atoms in total. The summed E-state index contributed by atoms with van der Waals surface area (Å²) in [5, 5.41) is 55.3. The second-order valence-electron chi connectivity index (χ2n) is 14.5. The van der Waals surface area contributed by atoms with Gasteiger partial charge in [0.25, 0.3) is 0 Å². The summed E-state index contributed by atoms with van der Waals surface area (Å²) in [6, 6.07) is 0. The smallest absolute Gasteiger partial charge is 0.726 e. The molecule has 0 bridgehead atoms. The van der Waals surface area contributed by atoms with Crippen molar-refractivity contribution in [3.8, 4) is 0 Å². The second kappa shape index (κ2) is 12.6. The summed E-state index contributed by atoms with van der Waals surface area (Å²) in [7, 11) is -4.87. The number of fused-ring (bicyclic) bond motifs is 5. The number of aliphatic hydroxyl groups is 5. The van der Waals surface area contributed by atoms with Gasteiger partial charge in [0.2, 0.25) is 10.4 Å². The van der Waals surface area contributed by atoms with Gasteiger partial charge in [0.1, 0.15) is 0 Å². The molecule has 7 unspecified atom stereocenters. The summed E-state index contributed by atoms with van der Waals surface area (Å²) in [6.07, 6.45) is 2.79. The average Bonchev–Trinajstić information content (AvgIpc) is 3.10. The van der Waals surface area contributed by atoms with Gasteiger partial charge in [0.15, 0.2) is 0 Å². The number of hydrogen-bond donors (Lipinski definition) is 5. The molecule has 13 atom stereocenters. The zero-order valence-electron chi connectivity index (χ0n) is 25.2. The van der Waals surface area contributed by atoms with Gasteiger partial charge in [-0.3, -0.25) is 4.18 Å². The predicted octanol–water partition coefficient (Wildman–Crippen LogP) is -0.407. The van der Waals surface area contributed by atoms with Crippen molar-refractivity contribution >= 4 is 10.4 Å². The topological polar surface area (TPSA) is 168 Å². The first-order valence-electron chi connectivity index (χ1n) is 15.0. The number of hydrogen-bond acceptors (Lipinski definition) is 9. The van der Waals surface area contributed by atoms with Crippen LogP contribution in [0.2, 0.25) is 0 Å². The Hall–Kier alpha value is 0.670. The Morgan fingerprint density at radius 1 is 1.02 bits per heavy atom. The summed E-state index contributed by atoms with van der Waals surface area (Å²) in [5.74, 6) is 0.632. The molecule has 0 aromatic heterocycles. The van der Waals surface area contributed by atoms with Crippen LogP contribution in [-0.2, 0) is 14.6 Å². The molecule has 0 amide bonds. The Morgan fingerprint density at radius 3 is 2.27 bits per heavy atom. The van der Waals surface area contributed by atoms with Crippen molar-refractivity contribution in [2.45, 2.75) is 122 Å². The van der Waals surface area contributed by atoms with E-state index in [4.69, 9.17) is 0 Å². The van der Waals surface area contributed by atoms with E-state index in [1.54, 1.807) is 0 Å². The van der Waals surface area contributed by atoms with Crippen molar-refractivity contribution in [1.29, 1.82) is 0 Å². The van der Waals surface area contributed by atoms with Gasteiger partial charge in [-0.25, -0.2) is 8.42 Å². The minimum absolute atomic E-state index is 0. The maximum Gasteiger partial charge on any atom is 1.00 e. The fraction of sp³-hybridized carbons (Fsp3) is 1.00. The van der Waals surface area contributed by atoms with Crippen LogP contribution in [0.5, 0.6) is 0 Å². The van der Waals surface area contributed by atoms with Crippen LogP contribution in [0.3, 0.4) is 0 Å². The van der Waals surface area contributed by atoms with E-state index in [1.807, 2.05) is 13.8 Å². The van der Waals surface area contributed by atoms with Crippen LogP contribution >= 0.6 is 0 Å². The molecule has 0 saturated heterocycles. The van der Waals surface area contributed by atoms with Crippen molar-refractivity contribution in [1.82, 2.24) is 0 Å². The molecule has 4 aliphatic rings. The van der Waals surface area contributed by atoms with Crippen LogP contribution in [0.25, 0.3) is 0 Å². The monoisotopic (exact) mass is 598 g/mol. The first-order valence-corrected chi connectivity index (χ1v) is 16.3. The molecule has 40 heavy (non-hydrogen) atoms. The molecule has 0 heterocycles. The summed E-state index contributed by atoms with van der Waals surface area (Å²) >= 11 is 0. The molecule has 4 aliphatic carbocycles. The third-order valence-corrected chi connectivity index (χ3v) is 12.7. The molecule has 11 heteroatoms. The average molecular weight is 599 g/mol. The molecular weight excluding hydrogens is 547 g/mol. The normalized spacial score (nSPS) is 45.5. The van der Waals surface area contributed by atoms with E-state index >= 15 is 0 Å². The predicted molar refractivity (Wildman–Crippen MR) is 144 cm³/mol. The molecule has 5 N–H and O–H groups in total. The molecule has 4 rings (SSSR count). The molecule has 0 aliphatic heterocycles. The van der Waals surface area contributed by atoms with E-state index in [-0.39, 0.29) is 82.8 Å². The van der Waals surface area contributed by atoms with Gasteiger partial charge in [-0.2, -0.15) is 0 Å². The minimum atomic E-state index is -4.87. The fourth-order valence-electron chi connectivity index (χ4n) is 10.2.